The lowest BCUT2D eigenvalue weighted by Crippen LogP contribution is -2.08. The Kier molecular flexibility index (Phi) is 3.66. The number of nitrogens with zero attached hydrogens (tertiary/aromatic N) is 1. The van der Waals surface area contributed by atoms with Crippen LogP contribution in [-0.4, -0.2) is 11.0 Å². The van der Waals surface area contributed by atoms with Crippen LogP contribution in [0.5, 0.6) is 0 Å². The first kappa shape index (κ1) is 13.0. The summed E-state index contributed by atoms with van der Waals surface area (Å²) < 4.78 is 6.17. The number of rotatable bonds is 2. The molecule has 0 aliphatic heterocycles. The smallest absolute Gasteiger partial charge is 0.303 e. The highest BCUT2D eigenvalue weighted by molar-refractivity contribution is 9.10. The van der Waals surface area contributed by atoms with Crippen molar-refractivity contribution in [3.63, 3.8) is 0 Å². The highest BCUT2D eigenvalue weighted by atomic mass is 79.9. The van der Waals surface area contributed by atoms with Gasteiger partial charge in [0.25, 0.3) is 0 Å². The molecule has 0 N–H and O–H groups in total. The predicted octanol–water partition coefficient (Wildman–Crippen LogP) is 3.93. The lowest BCUT2D eigenvalue weighted by molar-refractivity contribution is -0.146. The van der Waals surface area contributed by atoms with E-state index in [1.807, 2.05) is 32.0 Å². The number of aromatic nitrogens is 1. The van der Waals surface area contributed by atoms with Crippen LogP contribution in [-0.2, 0) is 9.53 Å². The molecule has 0 saturated carbocycles. The maximum Gasteiger partial charge on any atom is 0.303 e. The molecular weight excluding hydrogens is 294 g/mol. The van der Waals surface area contributed by atoms with E-state index < -0.39 is 0 Å². The van der Waals surface area contributed by atoms with Gasteiger partial charge in [0.05, 0.1) is 11.2 Å². The molecule has 0 unspecified atom stereocenters. The topological polar surface area (TPSA) is 39.2 Å². The molecule has 18 heavy (non-hydrogen) atoms. The summed E-state index contributed by atoms with van der Waals surface area (Å²) in [6.07, 6.45) is -0.328. The molecule has 0 bridgehead atoms. The summed E-state index contributed by atoms with van der Waals surface area (Å²) >= 11 is 3.43. The average Bonchev–Trinajstić information content (AvgIpc) is 2.27. The summed E-state index contributed by atoms with van der Waals surface area (Å²) in [6.45, 7) is 5.22. The first-order chi connectivity index (χ1) is 8.47. The largest absolute Gasteiger partial charge is 0.456 e. The number of fused-ring (bicyclic) bond motifs is 1. The predicted molar refractivity (Wildman–Crippen MR) is 74.4 cm³/mol. The fraction of sp³-hybridized carbons (Fsp3) is 0.286. The number of carbonyl (C=O) groups is 1. The minimum absolute atomic E-state index is 0.293. The van der Waals surface area contributed by atoms with Gasteiger partial charge in [-0.3, -0.25) is 4.79 Å². The average molecular weight is 308 g/mol. The summed E-state index contributed by atoms with van der Waals surface area (Å²) in [7, 11) is 0. The normalized spacial score (nSPS) is 12.4. The van der Waals surface area contributed by atoms with Gasteiger partial charge in [-0.2, -0.15) is 0 Å². The second-order valence-corrected chi connectivity index (χ2v) is 5.19. The Morgan fingerprint density at radius 2 is 2.11 bits per heavy atom. The van der Waals surface area contributed by atoms with Gasteiger partial charge in [-0.05, 0) is 37.6 Å². The Labute approximate surface area is 114 Å². The van der Waals surface area contributed by atoms with Crippen molar-refractivity contribution in [1.29, 1.82) is 0 Å². The zero-order valence-corrected chi connectivity index (χ0v) is 12.1. The van der Waals surface area contributed by atoms with E-state index >= 15 is 0 Å². The Morgan fingerprint density at radius 3 is 2.78 bits per heavy atom. The van der Waals surface area contributed by atoms with Crippen LogP contribution in [0.3, 0.4) is 0 Å². The van der Waals surface area contributed by atoms with E-state index in [0.29, 0.717) is 0 Å². The van der Waals surface area contributed by atoms with Gasteiger partial charge in [0.2, 0.25) is 0 Å². The molecule has 0 aliphatic rings. The van der Waals surface area contributed by atoms with Crippen LogP contribution in [0.1, 0.15) is 31.2 Å². The van der Waals surface area contributed by atoms with E-state index in [1.54, 1.807) is 0 Å². The number of pyridine rings is 1. The van der Waals surface area contributed by atoms with E-state index in [4.69, 9.17) is 4.74 Å². The molecular formula is C14H14BrNO2. The number of hydrogen-bond acceptors (Lipinski definition) is 3. The van der Waals surface area contributed by atoms with Crippen molar-refractivity contribution in [2.24, 2.45) is 0 Å². The number of halogens is 1. The molecule has 1 heterocycles. The van der Waals surface area contributed by atoms with Gasteiger partial charge in [0, 0.05) is 16.8 Å². The van der Waals surface area contributed by atoms with Crippen LogP contribution in [0.4, 0.5) is 0 Å². The van der Waals surface area contributed by atoms with Gasteiger partial charge in [-0.1, -0.05) is 22.0 Å². The third-order valence-electron chi connectivity index (χ3n) is 2.74. The molecule has 3 nitrogen and oxygen atoms in total. The van der Waals surface area contributed by atoms with E-state index in [-0.39, 0.29) is 12.1 Å². The van der Waals surface area contributed by atoms with Crippen LogP contribution in [0, 0.1) is 6.92 Å². The summed E-state index contributed by atoms with van der Waals surface area (Å²) in [5.74, 6) is -0.293. The summed E-state index contributed by atoms with van der Waals surface area (Å²) in [5.41, 5.74) is 2.72. The zero-order valence-electron chi connectivity index (χ0n) is 10.5. The van der Waals surface area contributed by atoms with Gasteiger partial charge < -0.3 is 4.74 Å². The van der Waals surface area contributed by atoms with Crippen LogP contribution >= 0.6 is 15.9 Å². The first-order valence-electron chi connectivity index (χ1n) is 5.71. The molecule has 1 aromatic heterocycles. The van der Waals surface area contributed by atoms with Crippen molar-refractivity contribution in [3.05, 3.63) is 40.0 Å². The Hall–Kier alpha value is -1.42. The van der Waals surface area contributed by atoms with Crippen molar-refractivity contribution >= 4 is 32.8 Å². The SMILES string of the molecule is CC(=O)O[C@H](C)c1nc2cc(Br)ccc2cc1C. The number of carbonyl (C=O) groups excluding carboxylic acids is 1. The molecule has 4 heteroatoms. The number of benzene rings is 1. The molecule has 0 radical (unpaired) electrons. The summed E-state index contributed by atoms with van der Waals surface area (Å²) in [6, 6.07) is 8.02. The van der Waals surface area contributed by atoms with Crippen molar-refractivity contribution in [3.8, 4) is 0 Å². The zero-order chi connectivity index (χ0) is 13.3. The van der Waals surface area contributed by atoms with Crippen LogP contribution in [0.2, 0.25) is 0 Å². The summed E-state index contributed by atoms with van der Waals surface area (Å²) in [4.78, 5) is 15.6. The molecule has 0 saturated heterocycles. The molecule has 0 fully saturated rings. The van der Waals surface area contributed by atoms with E-state index in [2.05, 4.69) is 27.0 Å². The lowest BCUT2D eigenvalue weighted by Gasteiger charge is -2.14. The second-order valence-electron chi connectivity index (χ2n) is 4.28. The van der Waals surface area contributed by atoms with E-state index in [1.165, 1.54) is 6.92 Å². The Bertz CT molecular complexity index is 610. The molecule has 94 valence electrons. The minimum atomic E-state index is -0.328. The molecule has 1 atom stereocenters. The van der Waals surface area contributed by atoms with Gasteiger partial charge in [-0.25, -0.2) is 4.98 Å². The van der Waals surface area contributed by atoms with Gasteiger partial charge >= 0.3 is 5.97 Å². The molecule has 0 spiro atoms. The highest BCUT2D eigenvalue weighted by Crippen LogP contribution is 2.25. The van der Waals surface area contributed by atoms with Gasteiger partial charge in [0.1, 0.15) is 6.10 Å². The quantitative estimate of drug-likeness (QED) is 0.789. The first-order valence-corrected chi connectivity index (χ1v) is 6.50. The van der Waals surface area contributed by atoms with Crippen molar-refractivity contribution < 1.29 is 9.53 Å². The highest BCUT2D eigenvalue weighted by Gasteiger charge is 2.14. The second kappa shape index (κ2) is 5.06. The van der Waals surface area contributed by atoms with E-state index in [9.17, 15) is 4.79 Å². The lowest BCUT2D eigenvalue weighted by atomic mass is 10.1. The maximum atomic E-state index is 11.0. The molecule has 2 rings (SSSR count). The van der Waals surface area contributed by atoms with Gasteiger partial charge in [0.15, 0.2) is 0 Å². The van der Waals surface area contributed by atoms with E-state index in [0.717, 1.165) is 26.6 Å². The number of hydrogen-bond donors (Lipinski definition) is 0. The van der Waals surface area contributed by atoms with Crippen molar-refractivity contribution in [1.82, 2.24) is 4.98 Å². The minimum Gasteiger partial charge on any atom is -0.456 e. The fourth-order valence-electron chi connectivity index (χ4n) is 1.98. The summed E-state index contributed by atoms with van der Waals surface area (Å²) in [5, 5.41) is 1.08. The fourth-order valence-corrected chi connectivity index (χ4v) is 2.33. The van der Waals surface area contributed by atoms with Crippen LogP contribution in [0.25, 0.3) is 10.9 Å². The Balaban J connectivity index is 2.50. The van der Waals surface area contributed by atoms with Gasteiger partial charge in [-0.15, -0.1) is 0 Å². The number of ether oxygens (including phenoxy) is 1. The van der Waals surface area contributed by atoms with Crippen molar-refractivity contribution in [2.75, 3.05) is 0 Å². The molecule has 1 aromatic carbocycles. The molecule has 2 aromatic rings. The number of aryl methyl sites for hydroxylation is 1. The third kappa shape index (κ3) is 2.70. The molecule has 0 amide bonds. The molecule has 0 aliphatic carbocycles. The number of esters is 1. The van der Waals surface area contributed by atoms with Crippen LogP contribution in [0.15, 0.2) is 28.7 Å². The Morgan fingerprint density at radius 1 is 1.39 bits per heavy atom. The van der Waals surface area contributed by atoms with Crippen LogP contribution < -0.4 is 0 Å². The third-order valence-corrected chi connectivity index (χ3v) is 3.23. The standard InChI is InChI=1S/C14H14BrNO2/c1-8-6-11-4-5-12(15)7-13(11)16-14(8)9(2)18-10(3)17/h4-7,9H,1-3H3/t9-/m1/s1. The maximum absolute atomic E-state index is 11.0. The van der Waals surface area contributed by atoms with Crippen molar-refractivity contribution in [2.45, 2.75) is 26.9 Å². The monoisotopic (exact) mass is 307 g/mol.